The first-order chi connectivity index (χ1) is 23.6. The molecule has 0 aromatic carbocycles. The van der Waals surface area contributed by atoms with Crippen molar-refractivity contribution in [3.63, 3.8) is 0 Å². The zero-order chi connectivity index (χ0) is 37.3. The SMILES string of the molecule is CCC[Si]1(CCC)[Si](CCC)(CCC)[Si](CCC)(CCC)[Si](CCC)(CCC)[Si](CCC)(CCC)[Si](CCC)(CCC)[Si]1(CCC)CCC. The van der Waals surface area contributed by atoms with E-state index in [2.05, 4.69) is 96.9 Å². The smallest absolute Gasteiger partial charge is 0.0377 e. The maximum Gasteiger partial charge on any atom is 0.0377 e. The topological polar surface area (TPSA) is 0 Å². The molecule has 0 saturated carbocycles. The van der Waals surface area contributed by atoms with E-state index in [0.29, 0.717) is 0 Å². The molecule has 1 fully saturated rings. The van der Waals surface area contributed by atoms with Crippen LogP contribution in [0.25, 0.3) is 0 Å². The summed E-state index contributed by atoms with van der Waals surface area (Å²) in [6.07, 6.45) is 21.9. The Morgan fingerprint density at radius 3 is 0.245 bits per heavy atom. The highest BCUT2D eigenvalue weighted by Gasteiger charge is 2.86. The second-order valence-corrected chi connectivity index (χ2v) is 90.9. The largest absolute Gasteiger partial charge is 0.0657 e. The van der Waals surface area contributed by atoms with Gasteiger partial charge in [-0.05, 0) is 0 Å². The van der Waals surface area contributed by atoms with Crippen LogP contribution in [0.1, 0.15) is 187 Å². The van der Waals surface area contributed by atoms with Crippen LogP contribution in [0.15, 0.2) is 0 Å². The van der Waals surface area contributed by atoms with Gasteiger partial charge < -0.3 is 0 Å². The van der Waals surface area contributed by atoms with Gasteiger partial charge in [0.1, 0.15) is 0 Å². The van der Waals surface area contributed by atoms with E-state index in [1.807, 2.05) is 84.6 Å². The lowest BCUT2D eigenvalue weighted by Gasteiger charge is -2.68. The Morgan fingerprint density at radius 1 is 0.143 bits per heavy atom. The van der Waals surface area contributed by atoms with Crippen LogP contribution in [-0.2, 0) is 0 Å². The summed E-state index contributed by atoms with van der Waals surface area (Å²) in [4.78, 5) is 0. The molecule has 0 aromatic rings. The third kappa shape index (κ3) is 7.70. The van der Waals surface area contributed by atoms with Crippen LogP contribution in [0.3, 0.4) is 0 Å². The molecule has 1 aliphatic heterocycles. The average molecular weight is 800 g/mol. The molecule has 0 radical (unpaired) electrons. The number of hydrogen-bond acceptors (Lipinski definition) is 0. The number of hydrogen-bond donors (Lipinski definition) is 0. The van der Waals surface area contributed by atoms with Crippen molar-refractivity contribution in [3.05, 3.63) is 0 Å². The third-order valence-corrected chi connectivity index (χ3v) is 183. The normalized spacial score (nSPS) is 21.4. The van der Waals surface area contributed by atoms with Gasteiger partial charge in [0.15, 0.2) is 0 Å². The first-order valence-corrected chi connectivity index (χ1v) is 47.5. The Kier molecular flexibility index (Phi) is 22.6. The van der Waals surface area contributed by atoms with Crippen molar-refractivity contribution in [2.45, 2.75) is 271 Å². The van der Waals surface area contributed by atoms with Gasteiger partial charge in [-0.15, -0.1) is 0 Å². The van der Waals surface area contributed by atoms with Crippen molar-refractivity contribution in [3.8, 4) is 0 Å². The minimum absolute atomic E-state index is 1.56. The fraction of sp³-hybridized carbons (Fsp3) is 1.00. The van der Waals surface area contributed by atoms with Gasteiger partial charge in [0.25, 0.3) is 0 Å². The lowest BCUT2D eigenvalue weighted by molar-refractivity contribution is 0.943. The molecule has 294 valence electrons. The lowest BCUT2D eigenvalue weighted by Crippen LogP contribution is -2.91. The Bertz CT molecular complexity index is 607. The van der Waals surface area contributed by atoms with Crippen LogP contribution in [0.2, 0.25) is 84.6 Å². The second-order valence-electron chi connectivity index (χ2n) is 18.1. The molecule has 1 rings (SSSR count). The summed E-state index contributed by atoms with van der Waals surface area (Å²) in [6, 6.07) is 25.8. The van der Waals surface area contributed by atoms with Gasteiger partial charge in [-0.3, -0.25) is 0 Å². The molecule has 0 N–H and O–H groups in total. The van der Waals surface area contributed by atoms with Crippen molar-refractivity contribution < 1.29 is 0 Å². The Balaban J connectivity index is 5.55. The molecule has 0 bridgehead atoms. The van der Waals surface area contributed by atoms with Crippen LogP contribution < -0.4 is 0 Å². The molecule has 7 heteroatoms. The molecule has 49 heavy (non-hydrogen) atoms. The highest BCUT2D eigenvalue weighted by Crippen LogP contribution is 2.67. The van der Waals surface area contributed by atoms with Crippen LogP contribution in [0, 0.1) is 0 Å². The summed E-state index contributed by atoms with van der Waals surface area (Å²) in [6.45, 7) is 38.5. The summed E-state index contributed by atoms with van der Waals surface area (Å²) >= 11 is 0. The zero-order valence-electron chi connectivity index (χ0n) is 37.3. The number of rotatable bonds is 28. The molecular weight excluding hydrogens is 701 g/mol. The van der Waals surface area contributed by atoms with E-state index >= 15 is 0 Å². The summed E-state index contributed by atoms with van der Waals surface area (Å²) < 4.78 is 0. The molecular formula is C42H98Si7. The van der Waals surface area contributed by atoms with Gasteiger partial charge in [-0.2, -0.15) is 0 Å². The van der Waals surface area contributed by atoms with Crippen molar-refractivity contribution in [2.24, 2.45) is 0 Å². The average Bonchev–Trinajstić information content (AvgIpc) is 3.08. The molecule has 1 saturated heterocycles. The molecule has 1 heterocycles. The molecule has 1 aliphatic rings. The Hall–Kier alpha value is 1.52. The van der Waals surface area contributed by atoms with Gasteiger partial charge >= 0.3 is 0 Å². The fourth-order valence-corrected chi connectivity index (χ4v) is 334. The summed E-state index contributed by atoms with van der Waals surface area (Å²) in [5.74, 6) is 0. The molecule has 0 spiro atoms. The fourth-order valence-electron chi connectivity index (χ4n) is 16.8. The van der Waals surface area contributed by atoms with E-state index in [1.54, 1.807) is 89.9 Å². The predicted octanol–water partition coefficient (Wildman–Crippen LogP) is 16.4. The highest BCUT2D eigenvalue weighted by atomic mass is 30.2. The summed E-state index contributed by atoms with van der Waals surface area (Å²) in [5, 5.41) is 0. The van der Waals surface area contributed by atoms with Gasteiger partial charge in [0.2, 0.25) is 0 Å². The van der Waals surface area contributed by atoms with Crippen molar-refractivity contribution in [1.29, 1.82) is 0 Å². The van der Waals surface area contributed by atoms with Gasteiger partial charge in [-0.1, -0.05) is 271 Å². The van der Waals surface area contributed by atoms with Gasteiger partial charge in [0.05, 0.1) is 0 Å². The molecule has 0 aliphatic carbocycles. The summed E-state index contributed by atoms with van der Waals surface area (Å²) in [7, 11) is -11.3. The molecule has 0 aromatic heterocycles. The Labute approximate surface area is 319 Å². The third-order valence-electron chi connectivity index (χ3n) is 15.9. The van der Waals surface area contributed by atoms with Gasteiger partial charge in [-0.25, -0.2) is 0 Å². The molecule has 0 amide bonds. The van der Waals surface area contributed by atoms with Crippen molar-refractivity contribution >= 4 is 49.8 Å². The lowest BCUT2D eigenvalue weighted by atomic mass is 10.6. The van der Waals surface area contributed by atoms with E-state index in [-0.39, 0.29) is 0 Å². The second kappa shape index (κ2) is 22.8. The maximum absolute atomic E-state index is 2.75. The van der Waals surface area contributed by atoms with E-state index in [0.717, 1.165) is 0 Å². The first-order valence-electron chi connectivity index (χ1n) is 23.6. The standard InChI is InChI=1S/C42H98Si7/c1-15-29-43(30-16-2)44(31-17-3,32-18-4)46(35-21-7,36-22-8)48(39-25-11,40-26-12)49(41-27-13,42-28-14)47(37-23-9,38-24-10)45(43,33-19-5)34-20-6/h15-42H2,1-14H3. The molecule has 0 unspecified atom stereocenters. The predicted molar refractivity (Wildman–Crippen MR) is 252 cm³/mol. The van der Waals surface area contributed by atoms with Crippen molar-refractivity contribution in [1.82, 2.24) is 0 Å². The quantitative estimate of drug-likeness (QED) is 0.0692. The van der Waals surface area contributed by atoms with E-state index in [1.165, 1.54) is 0 Å². The van der Waals surface area contributed by atoms with E-state index in [4.69, 9.17) is 0 Å². The van der Waals surface area contributed by atoms with Crippen LogP contribution in [0.5, 0.6) is 0 Å². The van der Waals surface area contributed by atoms with Crippen LogP contribution in [-0.4, -0.2) is 49.8 Å². The van der Waals surface area contributed by atoms with Gasteiger partial charge in [0, 0.05) is 49.8 Å². The first kappa shape index (κ1) is 48.5. The zero-order valence-corrected chi connectivity index (χ0v) is 44.3. The maximum atomic E-state index is 2.75. The van der Waals surface area contributed by atoms with Crippen LogP contribution in [0.4, 0.5) is 0 Å². The van der Waals surface area contributed by atoms with E-state index in [9.17, 15) is 0 Å². The minimum Gasteiger partial charge on any atom is -0.0657 e. The molecule has 0 atom stereocenters. The Morgan fingerprint density at radius 2 is 0.204 bits per heavy atom. The van der Waals surface area contributed by atoms with E-state index < -0.39 is 49.8 Å². The highest BCUT2D eigenvalue weighted by molar-refractivity contribution is 8.14. The van der Waals surface area contributed by atoms with Crippen molar-refractivity contribution in [2.75, 3.05) is 0 Å². The summed E-state index contributed by atoms with van der Waals surface area (Å²) in [5.41, 5.74) is 0. The van der Waals surface area contributed by atoms with Crippen LogP contribution >= 0.6 is 0 Å². The monoisotopic (exact) mass is 799 g/mol. The minimum atomic E-state index is -1.62. The molecule has 0 nitrogen and oxygen atoms in total.